The average molecular weight is 333 g/mol. The highest BCUT2D eigenvalue weighted by molar-refractivity contribution is 9.10. The molecule has 0 spiro atoms. The molecule has 0 saturated heterocycles. The van der Waals surface area contributed by atoms with Crippen LogP contribution in [0, 0.1) is 24.1 Å². The van der Waals surface area contributed by atoms with Gasteiger partial charge < -0.3 is 5.32 Å². The SMILES string of the molecule is Cc1ccc(C#N)cc1NC(=O)c1cc(F)cc(Br)c1. The van der Waals surface area contributed by atoms with Crippen LogP contribution in [0.25, 0.3) is 0 Å². The molecule has 0 aliphatic rings. The Labute approximate surface area is 124 Å². The van der Waals surface area contributed by atoms with Crippen LogP contribution in [0.1, 0.15) is 21.5 Å². The van der Waals surface area contributed by atoms with Crippen LogP contribution in [-0.2, 0) is 0 Å². The summed E-state index contributed by atoms with van der Waals surface area (Å²) in [6, 6.07) is 11.0. The zero-order valence-corrected chi connectivity index (χ0v) is 12.2. The van der Waals surface area contributed by atoms with E-state index in [0.717, 1.165) is 11.6 Å². The molecule has 2 aromatic rings. The molecule has 1 amide bonds. The summed E-state index contributed by atoms with van der Waals surface area (Å²) in [4.78, 5) is 12.1. The Morgan fingerprint density at radius 1 is 1.30 bits per heavy atom. The molecule has 0 bridgehead atoms. The van der Waals surface area contributed by atoms with Crippen LogP contribution in [0.4, 0.5) is 10.1 Å². The molecule has 0 aliphatic carbocycles. The van der Waals surface area contributed by atoms with Gasteiger partial charge in [-0.25, -0.2) is 4.39 Å². The maximum Gasteiger partial charge on any atom is 0.255 e. The van der Waals surface area contributed by atoms with Gasteiger partial charge in [0.2, 0.25) is 0 Å². The second-order valence-corrected chi connectivity index (χ2v) is 5.17. The van der Waals surface area contributed by atoms with Gasteiger partial charge in [-0.1, -0.05) is 22.0 Å². The van der Waals surface area contributed by atoms with Gasteiger partial charge in [-0.2, -0.15) is 5.26 Å². The highest BCUT2D eigenvalue weighted by atomic mass is 79.9. The largest absolute Gasteiger partial charge is 0.322 e. The Morgan fingerprint density at radius 2 is 2.05 bits per heavy atom. The summed E-state index contributed by atoms with van der Waals surface area (Å²) in [6.07, 6.45) is 0. The van der Waals surface area contributed by atoms with Gasteiger partial charge in [0.15, 0.2) is 0 Å². The van der Waals surface area contributed by atoms with Gasteiger partial charge in [-0.05, 0) is 42.8 Å². The predicted octanol–water partition coefficient (Wildman–Crippen LogP) is 4.02. The van der Waals surface area contributed by atoms with Crippen LogP contribution in [0.5, 0.6) is 0 Å². The standard InChI is InChI=1S/C15H10BrFN2O/c1-9-2-3-10(8-18)4-14(9)19-15(20)11-5-12(16)7-13(17)6-11/h2-7H,1H3,(H,19,20). The summed E-state index contributed by atoms with van der Waals surface area (Å²) in [5.74, 6) is -0.921. The fraction of sp³-hybridized carbons (Fsp3) is 0.0667. The van der Waals surface area contributed by atoms with Crippen molar-refractivity contribution in [1.82, 2.24) is 0 Å². The van der Waals surface area contributed by atoms with E-state index in [0.29, 0.717) is 15.7 Å². The van der Waals surface area contributed by atoms with Gasteiger partial charge in [0.25, 0.3) is 5.91 Å². The third kappa shape index (κ3) is 3.22. The van der Waals surface area contributed by atoms with Crippen LogP contribution < -0.4 is 5.32 Å². The highest BCUT2D eigenvalue weighted by Crippen LogP contribution is 2.19. The minimum Gasteiger partial charge on any atom is -0.322 e. The number of anilines is 1. The van der Waals surface area contributed by atoms with E-state index in [1.807, 2.05) is 13.0 Å². The highest BCUT2D eigenvalue weighted by Gasteiger charge is 2.10. The van der Waals surface area contributed by atoms with E-state index in [4.69, 9.17) is 5.26 Å². The summed E-state index contributed by atoms with van der Waals surface area (Å²) in [5.41, 5.74) is 2.02. The van der Waals surface area contributed by atoms with E-state index in [1.54, 1.807) is 18.2 Å². The van der Waals surface area contributed by atoms with Crippen molar-refractivity contribution in [2.75, 3.05) is 5.32 Å². The van der Waals surface area contributed by atoms with Crippen molar-refractivity contribution in [3.8, 4) is 6.07 Å². The van der Waals surface area contributed by atoms with E-state index < -0.39 is 11.7 Å². The predicted molar refractivity (Wildman–Crippen MR) is 77.9 cm³/mol. The van der Waals surface area contributed by atoms with Gasteiger partial charge in [0.05, 0.1) is 11.6 Å². The van der Waals surface area contributed by atoms with Crippen LogP contribution in [-0.4, -0.2) is 5.91 Å². The molecule has 0 unspecified atom stereocenters. The third-order valence-corrected chi connectivity index (χ3v) is 3.20. The summed E-state index contributed by atoms with van der Waals surface area (Å²) < 4.78 is 13.8. The van der Waals surface area contributed by atoms with Gasteiger partial charge >= 0.3 is 0 Å². The maximum atomic E-state index is 13.3. The molecule has 1 N–H and O–H groups in total. The molecule has 0 aromatic heterocycles. The van der Waals surface area contributed by atoms with Crippen molar-refractivity contribution >= 4 is 27.5 Å². The Morgan fingerprint density at radius 3 is 2.70 bits per heavy atom. The lowest BCUT2D eigenvalue weighted by Gasteiger charge is -2.09. The number of nitriles is 1. The number of halogens is 2. The number of nitrogens with zero attached hydrogens (tertiary/aromatic N) is 1. The zero-order valence-electron chi connectivity index (χ0n) is 10.6. The molecular weight excluding hydrogens is 323 g/mol. The van der Waals surface area contributed by atoms with Gasteiger partial charge in [0, 0.05) is 15.7 Å². The summed E-state index contributed by atoms with van der Waals surface area (Å²) in [7, 11) is 0. The number of rotatable bonds is 2. The van der Waals surface area contributed by atoms with Crippen molar-refractivity contribution in [1.29, 1.82) is 5.26 Å². The second-order valence-electron chi connectivity index (χ2n) is 4.25. The van der Waals surface area contributed by atoms with Crippen LogP contribution in [0.2, 0.25) is 0 Å². The number of nitrogens with one attached hydrogen (secondary N) is 1. The molecule has 5 heteroatoms. The molecular formula is C15H10BrFN2O. The van der Waals surface area contributed by atoms with Crippen molar-refractivity contribution < 1.29 is 9.18 Å². The Kier molecular flexibility index (Phi) is 4.16. The molecule has 0 heterocycles. The number of hydrogen-bond donors (Lipinski definition) is 1. The second kappa shape index (κ2) is 5.85. The lowest BCUT2D eigenvalue weighted by Crippen LogP contribution is -2.13. The van der Waals surface area contributed by atoms with E-state index in [-0.39, 0.29) is 5.56 Å². The first-order valence-electron chi connectivity index (χ1n) is 5.78. The minimum atomic E-state index is -0.493. The number of benzene rings is 2. The molecule has 0 radical (unpaired) electrons. The fourth-order valence-electron chi connectivity index (χ4n) is 1.71. The zero-order chi connectivity index (χ0) is 14.7. The quantitative estimate of drug-likeness (QED) is 0.902. The maximum absolute atomic E-state index is 13.3. The van der Waals surface area contributed by atoms with Crippen LogP contribution >= 0.6 is 15.9 Å². The monoisotopic (exact) mass is 332 g/mol. The van der Waals surface area contributed by atoms with Crippen LogP contribution in [0.15, 0.2) is 40.9 Å². The van der Waals surface area contributed by atoms with Crippen LogP contribution in [0.3, 0.4) is 0 Å². The normalized spacial score (nSPS) is 9.90. The molecule has 20 heavy (non-hydrogen) atoms. The van der Waals surface area contributed by atoms with Gasteiger partial charge in [0.1, 0.15) is 5.82 Å². The molecule has 3 nitrogen and oxygen atoms in total. The Balaban J connectivity index is 2.30. The topological polar surface area (TPSA) is 52.9 Å². The molecule has 0 atom stereocenters. The van der Waals surface area contributed by atoms with Crippen molar-refractivity contribution in [2.24, 2.45) is 0 Å². The smallest absolute Gasteiger partial charge is 0.255 e. The van der Waals surface area contributed by atoms with E-state index in [9.17, 15) is 9.18 Å². The first kappa shape index (κ1) is 14.2. The molecule has 2 rings (SSSR count). The molecule has 2 aromatic carbocycles. The Bertz CT molecular complexity index is 702. The number of carbonyl (C=O) groups is 1. The lowest BCUT2D eigenvalue weighted by molar-refractivity contribution is 0.102. The van der Waals surface area contributed by atoms with Crippen molar-refractivity contribution in [3.63, 3.8) is 0 Å². The summed E-state index contributed by atoms with van der Waals surface area (Å²) >= 11 is 3.14. The summed E-state index contributed by atoms with van der Waals surface area (Å²) in [5, 5.41) is 11.5. The number of carbonyl (C=O) groups excluding carboxylic acids is 1. The number of hydrogen-bond acceptors (Lipinski definition) is 2. The van der Waals surface area contributed by atoms with Gasteiger partial charge in [-0.15, -0.1) is 0 Å². The minimum absolute atomic E-state index is 0.207. The molecule has 0 saturated carbocycles. The van der Waals surface area contributed by atoms with E-state index >= 15 is 0 Å². The fourth-order valence-corrected chi connectivity index (χ4v) is 2.17. The molecule has 0 aliphatic heterocycles. The van der Waals surface area contributed by atoms with E-state index in [1.165, 1.54) is 12.1 Å². The van der Waals surface area contributed by atoms with Crippen molar-refractivity contribution in [3.05, 3.63) is 63.4 Å². The molecule has 100 valence electrons. The lowest BCUT2D eigenvalue weighted by atomic mass is 10.1. The molecule has 0 fully saturated rings. The number of amides is 1. The van der Waals surface area contributed by atoms with Crippen molar-refractivity contribution in [2.45, 2.75) is 6.92 Å². The average Bonchev–Trinajstić information content (AvgIpc) is 2.40. The van der Waals surface area contributed by atoms with Gasteiger partial charge in [-0.3, -0.25) is 4.79 Å². The third-order valence-electron chi connectivity index (χ3n) is 2.74. The summed E-state index contributed by atoms with van der Waals surface area (Å²) in [6.45, 7) is 1.82. The first-order chi connectivity index (χ1) is 9.49. The Hall–Kier alpha value is -2.19. The van der Waals surface area contributed by atoms with E-state index in [2.05, 4.69) is 21.2 Å². The first-order valence-corrected chi connectivity index (χ1v) is 6.57. The number of aryl methyl sites for hydroxylation is 1.